The monoisotopic (exact) mass is 342 g/mol. The summed E-state index contributed by atoms with van der Waals surface area (Å²) in [6.45, 7) is 3.84. The van der Waals surface area contributed by atoms with E-state index in [1.54, 1.807) is 25.1 Å². The zero-order valence-corrected chi connectivity index (χ0v) is 14.2. The minimum atomic E-state index is -0.0882. The first-order valence-corrected chi connectivity index (χ1v) is 7.45. The molecule has 4 nitrogen and oxygen atoms in total. The fraction of sp³-hybridized carbons (Fsp3) is 0.375. The molecule has 0 saturated heterocycles. The van der Waals surface area contributed by atoms with Crippen LogP contribution >= 0.6 is 24.0 Å². The van der Waals surface area contributed by atoms with Gasteiger partial charge in [-0.15, -0.1) is 12.4 Å². The molecule has 2 rings (SSSR count). The summed E-state index contributed by atoms with van der Waals surface area (Å²) < 4.78 is 0. The summed E-state index contributed by atoms with van der Waals surface area (Å²) in [5.74, 6) is 0.399. The SMILES string of the molecule is CCC(=O)Nc1cc(NC2=CC(=O)CC(C)C2)ccc1Cl.Cl. The van der Waals surface area contributed by atoms with E-state index in [2.05, 4.69) is 17.6 Å². The first-order valence-electron chi connectivity index (χ1n) is 7.07. The standard InChI is InChI=1S/C16H19ClN2O2.ClH/c1-3-16(21)19-15-9-11(4-5-14(15)17)18-12-6-10(2)7-13(20)8-12;/h4-5,8-10,18H,3,6-7H2,1-2H3,(H,19,21);1H. The van der Waals surface area contributed by atoms with Crippen molar-refractivity contribution in [3.05, 3.63) is 35.0 Å². The Kier molecular flexibility index (Phi) is 6.91. The normalized spacial score (nSPS) is 17.3. The number of benzene rings is 1. The molecular formula is C16H20Cl2N2O2. The van der Waals surface area contributed by atoms with E-state index in [9.17, 15) is 9.59 Å². The van der Waals surface area contributed by atoms with Crippen LogP contribution in [0.1, 0.15) is 33.1 Å². The quantitative estimate of drug-likeness (QED) is 0.852. The predicted octanol–water partition coefficient (Wildman–Crippen LogP) is 4.41. The lowest BCUT2D eigenvalue weighted by Crippen LogP contribution is -2.16. The highest BCUT2D eigenvalue weighted by molar-refractivity contribution is 6.33. The second kappa shape index (κ2) is 8.20. The largest absolute Gasteiger partial charge is 0.359 e. The maximum atomic E-state index is 11.6. The molecule has 1 atom stereocenters. The van der Waals surface area contributed by atoms with Crippen molar-refractivity contribution in [3.63, 3.8) is 0 Å². The highest BCUT2D eigenvalue weighted by Crippen LogP contribution is 2.28. The summed E-state index contributed by atoms with van der Waals surface area (Å²) in [5.41, 5.74) is 2.28. The van der Waals surface area contributed by atoms with Gasteiger partial charge in [0.1, 0.15) is 0 Å². The number of anilines is 2. The van der Waals surface area contributed by atoms with Gasteiger partial charge in [-0.05, 0) is 30.5 Å². The Bertz CT molecular complexity index is 600. The van der Waals surface area contributed by atoms with E-state index < -0.39 is 0 Å². The third-order valence-electron chi connectivity index (χ3n) is 3.32. The van der Waals surface area contributed by atoms with E-state index in [0.717, 1.165) is 17.8 Å². The van der Waals surface area contributed by atoms with Crippen molar-refractivity contribution in [2.24, 2.45) is 5.92 Å². The fourth-order valence-electron chi connectivity index (χ4n) is 2.31. The third-order valence-corrected chi connectivity index (χ3v) is 3.65. The molecule has 1 aromatic carbocycles. The first-order chi connectivity index (χ1) is 9.97. The highest BCUT2D eigenvalue weighted by atomic mass is 35.5. The second-order valence-electron chi connectivity index (χ2n) is 5.37. The molecule has 1 aliphatic carbocycles. The van der Waals surface area contributed by atoms with Crippen LogP contribution in [0.25, 0.3) is 0 Å². The van der Waals surface area contributed by atoms with Crippen LogP contribution in [0.4, 0.5) is 11.4 Å². The lowest BCUT2D eigenvalue weighted by molar-refractivity contribution is -0.116. The van der Waals surface area contributed by atoms with Crippen molar-refractivity contribution < 1.29 is 9.59 Å². The van der Waals surface area contributed by atoms with Crippen LogP contribution in [0.5, 0.6) is 0 Å². The molecule has 0 fully saturated rings. The van der Waals surface area contributed by atoms with Crippen LogP contribution in [0.15, 0.2) is 30.0 Å². The van der Waals surface area contributed by atoms with E-state index in [-0.39, 0.29) is 24.1 Å². The molecule has 2 N–H and O–H groups in total. The van der Waals surface area contributed by atoms with E-state index in [4.69, 9.17) is 11.6 Å². The highest BCUT2D eigenvalue weighted by Gasteiger charge is 2.17. The lowest BCUT2D eigenvalue weighted by atomic mass is 9.93. The summed E-state index contributed by atoms with van der Waals surface area (Å²) in [7, 11) is 0. The molecule has 1 aliphatic rings. The van der Waals surface area contributed by atoms with Gasteiger partial charge in [0, 0.05) is 30.3 Å². The van der Waals surface area contributed by atoms with Gasteiger partial charge in [0.15, 0.2) is 5.78 Å². The topological polar surface area (TPSA) is 58.2 Å². The van der Waals surface area contributed by atoms with Crippen molar-refractivity contribution in [2.75, 3.05) is 10.6 Å². The molecule has 0 heterocycles. The summed E-state index contributed by atoms with van der Waals surface area (Å²) in [4.78, 5) is 23.1. The summed E-state index contributed by atoms with van der Waals surface area (Å²) in [5, 5.41) is 6.48. The predicted molar refractivity (Wildman–Crippen MR) is 92.7 cm³/mol. The van der Waals surface area contributed by atoms with Crippen molar-refractivity contribution in [2.45, 2.75) is 33.1 Å². The molecule has 1 aromatic rings. The van der Waals surface area contributed by atoms with E-state index in [1.165, 1.54) is 0 Å². The minimum Gasteiger partial charge on any atom is -0.359 e. The Balaban J connectivity index is 0.00000242. The van der Waals surface area contributed by atoms with Crippen LogP contribution in [0, 0.1) is 5.92 Å². The zero-order chi connectivity index (χ0) is 15.4. The van der Waals surface area contributed by atoms with Gasteiger partial charge in [-0.25, -0.2) is 0 Å². The van der Waals surface area contributed by atoms with Crippen LogP contribution in [-0.4, -0.2) is 11.7 Å². The third kappa shape index (κ3) is 5.04. The molecule has 0 aromatic heterocycles. The number of rotatable bonds is 4. The molecule has 0 aliphatic heterocycles. The van der Waals surface area contributed by atoms with E-state index in [0.29, 0.717) is 29.5 Å². The van der Waals surface area contributed by atoms with Crippen molar-refractivity contribution >= 4 is 47.1 Å². The van der Waals surface area contributed by atoms with E-state index in [1.807, 2.05) is 6.07 Å². The van der Waals surface area contributed by atoms with Crippen LogP contribution < -0.4 is 10.6 Å². The Morgan fingerprint density at radius 1 is 1.36 bits per heavy atom. The lowest BCUT2D eigenvalue weighted by Gasteiger charge is -2.20. The summed E-state index contributed by atoms with van der Waals surface area (Å²) >= 11 is 6.08. The molecule has 120 valence electrons. The van der Waals surface area contributed by atoms with Gasteiger partial charge < -0.3 is 10.6 Å². The van der Waals surface area contributed by atoms with Gasteiger partial charge in [-0.2, -0.15) is 0 Å². The maximum Gasteiger partial charge on any atom is 0.224 e. The van der Waals surface area contributed by atoms with Crippen LogP contribution in [0.3, 0.4) is 0 Å². The first kappa shape index (κ1) is 18.5. The number of hydrogen-bond acceptors (Lipinski definition) is 3. The fourth-order valence-corrected chi connectivity index (χ4v) is 2.48. The molecular weight excluding hydrogens is 323 g/mol. The number of carbonyl (C=O) groups excluding carboxylic acids is 2. The molecule has 1 amide bonds. The number of allylic oxidation sites excluding steroid dienone is 2. The number of ketones is 1. The number of carbonyl (C=O) groups is 2. The Morgan fingerprint density at radius 3 is 2.73 bits per heavy atom. The molecule has 0 saturated carbocycles. The maximum absolute atomic E-state index is 11.6. The molecule has 0 radical (unpaired) electrons. The average molecular weight is 343 g/mol. The van der Waals surface area contributed by atoms with Gasteiger partial charge in [0.2, 0.25) is 5.91 Å². The molecule has 0 spiro atoms. The smallest absolute Gasteiger partial charge is 0.224 e. The molecule has 0 bridgehead atoms. The van der Waals surface area contributed by atoms with Gasteiger partial charge >= 0.3 is 0 Å². The number of nitrogens with one attached hydrogen (secondary N) is 2. The minimum absolute atomic E-state index is 0. The number of amides is 1. The summed E-state index contributed by atoms with van der Waals surface area (Å²) in [6.07, 6.45) is 3.48. The molecule has 22 heavy (non-hydrogen) atoms. The van der Waals surface area contributed by atoms with Gasteiger partial charge in [-0.1, -0.05) is 25.4 Å². The van der Waals surface area contributed by atoms with Crippen molar-refractivity contribution in [1.29, 1.82) is 0 Å². The number of hydrogen-bond donors (Lipinski definition) is 2. The molecule has 6 heteroatoms. The zero-order valence-electron chi connectivity index (χ0n) is 12.6. The average Bonchev–Trinajstić information content (AvgIpc) is 2.41. The van der Waals surface area contributed by atoms with E-state index >= 15 is 0 Å². The van der Waals surface area contributed by atoms with Gasteiger partial charge in [0.25, 0.3) is 0 Å². The van der Waals surface area contributed by atoms with Crippen molar-refractivity contribution in [1.82, 2.24) is 0 Å². The summed E-state index contributed by atoms with van der Waals surface area (Å²) in [6, 6.07) is 5.33. The Labute approximate surface area is 141 Å². The second-order valence-corrected chi connectivity index (χ2v) is 5.78. The Morgan fingerprint density at radius 2 is 2.09 bits per heavy atom. The van der Waals surface area contributed by atoms with Gasteiger partial charge in [-0.3, -0.25) is 9.59 Å². The van der Waals surface area contributed by atoms with Crippen LogP contribution in [-0.2, 0) is 9.59 Å². The van der Waals surface area contributed by atoms with Crippen molar-refractivity contribution in [3.8, 4) is 0 Å². The van der Waals surface area contributed by atoms with Crippen LogP contribution in [0.2, 0.25) is 5.02 Å². The molecule has 1 unspecified atom stereocenters. The Hall–Kier alpha value is -1.52. The van der Waals surface area contributed by atoms with Gasteiger partial charge in [0.05, 0.1) is 10.7 Å². The number of halogens is 2.